The van der Waals surface area contributed by atoms with Gasteiger partial charge in [0, 0.05) is 17.9 Å². The second-order valence-corrected chi connectivity index (χ2v) is 4.24. The Hall–Kier alpha value is -2.40. The first kappa shape index (κ1) is 13.0. The molecule has 0 aliphatic heterocycles. The molecule has 2 rings (SSSR count). The Morgan fingerprint density at radius 1 is 1.32 bits per heavy atom. The molecule has 1 aromatic carbocycles. The van der Waals surface area contributed by atoms with Crippen LogP contribution in [0.15, 0.2) is 36.4 Å². The molecule has 0 unspecified atom stereocenters. The molecule has 0 saturated heterocycles. The van der Waals surface area contributed by atoms with E-state index in [9.17, 15) is 4.79 Å². The van der Waals surface area contributed by atoms with Gasteiger partial charge in [0.05, 0.1) is 5.56 Å². The van der Waals surface area contributed by atoms with E-state index in [0.717, 1.165) is 16.9 Å². The highest BCUT2D eigenvalue weighted by molar-refractivity contribution is 5.98. The van der Waals surface area contributed by atoms with Gasteiger partial charge in [-0.25, -0.2) is 4.98 Å². The summed E-state index contributed by atoms with van der Waals surface area (Å²) in [4.78, 5) is 15.7. The van der Waals surface area contributed by atoms with Crippen LogP contribution in [0.5, 0.6) is 0 Å². The van der Waals surface area contributed by atoms with Crippen LogP contribution >= 0.6 is 0 Å². The third kappa shape index (κ3) is 3.08. The minimum Gasteiger partial charge on any atom is -0.365 e. The van der Waals surface area contributed by atoms with Gasteiger partial charge in [-0.1, -0.05) is 12.1 Å². The van der Waals surface area contributed by atoms with E-state index in [-0.39, 0.29) is 0 Å². The summed E-state index contributed by atoms with van der Waals surface area (Å²) in [6, 6.07) is 11.0. The molecule has 0 fully saturated rings. The third-order valence-corrected chi connectivity index (χ3v) is 2.73. The topological polar surface area (TPSA) is 94.0 Å². The number of aryl methyl sites for hydroxylation is 1. The molecule has 0 saturated carbocycles. The quantitative estimate of drug-likeness (QED) is 0.776. The van der Waals surface area contributed by atoms with Crippen LogP contribution in [0.1, 0.15) is 21.6 Å². The van der Waals surface area contributed by atoms with E-state index >= 15 is 0 Å². The molecule has 2 aromatic rings. The number of carbonyl (C=O) groups is 1. The average Bonchev–Trinajstić information content (AvgIpc) is 2.38. The number of anilines is 2. The largest absolute Gasteiger partial charge is 0.365 e. The lowest BCUT2D eigenvalue weighted by atomic mass is 10.2. The van der Waals surface area contributed by atoms with Crippen LogP contribution in [0.25, 0.3) is 0 Å². The molecule has 0 bridgehead atoms. The van der Waals surface area contributed by atoms with Gasteiger partial charge in [-0.05, 0) is 36.8 Å². The fraction of sp³-hybridized carbons (Fsp3) is 0.143. The number of nitrogens with two attached hydrogens (primary N) is 2. The number of nitrogens with one attached hydrogen (secondary N) is 1. The molecular formula is C14H16N4O. The number of primary amides is 1. The Bertz CT molecular complexity index is 610. The number of amides is 1. The summed E-state index contributed by atoms with van der Waals surface area (Å²) in [7, 11) is 0. The maximum atomic E-state index is 11.4. The van der Waals surface area contributed by atoms with Crippen molar-refractivity contribution in [1.29, 1.82) is 0 Å². The standard InChI is InChI=1S/C14H16N4O/c1-9-5-6-12(13(16)19)14(17-9)18-11-4-2-3-10(7-11)8-15/h2-7H,8,15H2,1H3,(H2,16,19)(H,17,18). The molecule has 0 spiro atoms. The first-order valence-electron chi connectivity index (χ1n) is 5.93. The van der Waals surface area contributed by atoms with Crippen molar-refractivity contribution in [3.63, 3.8) is 0 Å². The lowest BCUT2D eigenvalue weighted by molar-refractivity contribution is 0.100. The summed E-state index contributed by atoms with van der Waals surface area (Å²) in [6.07, 6.45) is 0. The zero-order chi connectivity index (χ0) is 13.8. The van der Waals surface area contributed by atoms with E-state index < -0.39 is 5.91 Å². The fourth-order valence-corrected chi connectivity index (χ4v) is 1.76. The Morgan fingerprint density at radius 3 is 2.79 bits per heavy atom. The molecule has 1 aromatic heterocycles. The lowest BCUT2D eigenvalue weighted by Gasteiger charge is -2.10. The Kier molecular flexibility index (Phi) is 3.77. The summed E-state index contributed by atoms with van der Waals surface area (Å²) in [6.45, 7) is 2.31. The minimum atomic E-state index is -0.509. The Labute approximate surface area is 111 Å². The van der Waals surface area contributed by atoms with Crippen LogP contribution in [-0.4, -0.2) is 10.9 Å². The number of hydrogen-bond donors (Lipinski definition) is 3. The Balaban J connectivity index is 2.36. The second kappa shape index (κ2) is 5.49. The zero-order valence-corrected chi connectivity index (χ0v) is 10.7. The molecule has 1 amide bonds. The van der Waals surface area contributed by atoms with Crippen LogP contribution < -0.4 is 16.8 Å². The number of hydrogen-bond acceptors (Lipinski definition) is 4. The minimum absolute atomic E-state index is 0.365. The summed E-state index contributed by atoms with van der Waals surface area (Å²) >= 11 is 0. The highest BCUT2D eigenvalue weighted by atomic mass is 16.1. The predicted octanol–water partition coefficient (Wildman–Crippen LogP) is 1.69. The van der Waals surface area contributed by atoms with Gasteiger partial charge in [0.2, 0.25) is 0 Å². The van der Waals surface area contributed by atoms with Gasteiger partial charge in [-0.15, -0.1) is 0 Å². The van der Waals surface area contributed by atoms with E-state index in [0.29, 0.717) is 17.9 Å². The van der Waals surface area contributed by atoms with Gasteiger partial charge in [-0.2, -0.15) is 0 Å². The van der Waals surface area contributed by atoms with E-state index in [4.69, 9.17) is 11.5 Å². The van der Waals surface area contributed by atoms with E-state index in [1.54, 1.807) is 12.1 Å². The number of nitrogens with zero attached hydrogens (tertiary/aromatic N) is 1. The normalized spacial score (nSPS) is 10.2. The molecule has 5 nitrogen and oxygen atoms in total. The predicted molar refractivity (Wildman–Crippen MR) is 75.1 cm³/mol. The second-order valence-electron chi connectivity index (χ2n) is 4.24. The first-order valence-corrected chi connectivity index (χ1v) is 5.93. The summed E-state index contributed by atoms with van der Waals surface area (Å²) in [5, 5.41) is 3.10. The van der Waals surface area contributed by atoms with Gasteiger partial charge < -0.3 is 16.8 Å². The SMILES string of the molecule is Cc1ccc(C(N)=O)c(Nc2cccc(CN)c2)n1. The van der Waals surface area contributed by atoms with Crippen LogP contribution in [0.4, 0.5) is 11.5 Å². The van der Waals surface area contributed by atoms with Crippen molar-refractivity contribution >= 4 is 17.4 Å². The highest BCUT2D eigenvalue weighted by Crippen LogP contribution is 2.20. The van der Waals surface area contributed by atoms with Crippen molar-refractivity contribution in [3.8, 4) is 0 Å². The molecule has 19 heavy (non-hydrogen) atoms. The fourth-order valence-electron chi connectivity index (χ4n) is 1.76. The van der Waals surface area contributed by atoms with E-state index in [1.807, 2.05) is 31.2 Å². The molecule has 5 N–H and O–H groups in total. The Morgan fingerprint density at radius 2 is 2.11 bits per heavy atom. The smallest absolute Gasteiger partial charge is 0.252 e. The van der Waals surface area contributed by atoms with Gasteiger partial charge in [0.15, 0.2) is 0 Å². The summed E-state index contributed by atoms with van der Waals surface area (Å²) in [5.41, 5.74) is 13.9. The van der Waals surface area contributed by atoms with Crippen molar-refractivity contribution in [2.75, 3.05) is 5.32 Å². The average molecular weight is 256 g/mol. The van der Waals surface area contributed by atoms with Crippen molar-refractivity contribution in [3.05, 3.63) is 53.2 Å². The molecule has 0 aliphatic rings. The van der Waals surface area contributed by atoms with E-state index in [2.05, 4.69) is 10.3 Å². The van der Waals surface area contributed by atoms with Crippen LogP contribution in [0.2, 0.25) is 0 Å². The first-order chi connectivity index (χ1) is 9.10. The van der Waals surface area contributed by atoms with Crippen LogP contribution in [0, 0.1) is 6.92 Å². The van der Waals surface area contributed by atoms with Gasteiger partial charge >= 0.3 is 0 Å². The number of benzene rings is 1. The monoisotopic (exact) mass is 256 g/mol. The molecule has 98 valence electrons. The number of pyridine rings is 1. The number of aromatic nitrogens is 1. The van der Waals surface area contributed by atoms with Crippen LogP contribution in [-0.2, 0) is 6.54 Å². The maximum absolute atomic E-state index is 11.4. The number of carbonyl (C=O) groups excluding carboxylic acids is 1. The molecule has 0 aliphatic carbocycles. The van der Waals surface area contributed by atoms with E-state index in [1.165, 1.54) is 0 Å². The summed E-state index contributed by atoms with van der Waals surface area (Å²) in [5.74, 6) is -0.0494. The zero-order valence-electron chi connectivity index (χ0n) is 10.7. The molecular weight excluding hydrogens is 240 g/mol. The van der Waals surface area contributed by atoms with Crippen molar-refractivity contribution in [1.82, 2.24) is 4.98 Å². The van der Waals surface area contributed by atoms with Gasteiger partial charge in [0.25, 0.3) is 5.91 Å². The maximum Gasteiger partial charge on any atom is 0.252 e. The van der Waals surface area contributed by atoms with Crippen molar-refractivity contribution < 1.29 is 4.79 Å². The van der Waals surface area contributed by atoms with Crippen molar-refractivity contribution in [2.24, 2.45) is 11.5 Å². The van der Waals surface area contributed by atoms with Gasteiger partial charge in [-0.3, -0.25) is 4.79 Å². The van der Waals surface area contributed by atoms with Crippen molar-refractivity contribution in [2.45, 2.75) is 13.5 Å². The summed E-state index contributed by atoms with van der Waals surface area (Å²) < 4.78 is 0. The molecule has 0 radical (unpaired) electrons. The van der Waals surface area contributed by atoms with Gasteiger partial charge in [0.1, 0.15) is 5.82 Å². The van der Waals surface area contributed by atoms with Crippen LogP contribution in [0.3, 0.4) is 0 Å². The third-order valence-electron chi connectivity index (χ3n) is 2.73. The molecule has 1 heterocycles. The molecule has 5 heteroatoms. The highest BCUT2D eigenvalue weighted by Gasteiger charge is 2.10. The lowest BCUT2D eigenvalue weighted by Crippen LogP contribution is -2.14. The number of rotatable bonds is 4. The molecule has 0 atom stereocenters.